The van der Waals surface area contributed by atoms with E-state index in [2.05, 4.69) is 5.32 Å². The Hall–Kier alpha value is -1.46. The van der Waals surface area contributed by atoms with Crippen LogP contribution in [-0.2, 0) is 6.54 Å². The minimum atomic E-state index is -0.405. The standard InChI is InChI=1S/C13H20N2O3/c1-3-10(2)13(16)9-14-8-11-5-4-6-12(7-11)15(17)18/h4-7,10,13-14,16H,3,8-9H2,1-2H3. The molecule has 0 aromatic heterocycles. The maximum atomic E-state index is 10.6. The molecule has 1 aromatic rings. The third-order valence-corrected chi connectivity index (χ3v) is 3.10. The molecule has 0 fully saturated rings. The van der Waals surface area contributed by atoms with Crippen molar-refractivity contribution in [1.82, 2.24) is 5.32 Å². The summed E-state index contributed by atoms with van der Waals surface area (Å²) in [6.45, 7) is 5.06. The highest BCUT2D eigenvalue weighted by molar-refractivity contribution is 5.34. The Morgan fingerprint density at radius 2 is 2.22 bits per heavy atom. The van der Waals surface area contributed by atoms with E-state index in [1.54, 1.807) is 12.1 Å². The highest BCUT2D eigenvalue weighted by Crippen LogP contribution is 2.13. The molecule has 0 aliphatic rings. The van der Waals surface area contributed by atoms with Crippen LogP contribution in [0.3, 0.4) is 0 Å². The van der Waals surface area contributed by atoms with Gasteiger partial charge in [-0.2, -0.15) is 0 Å². The van der Waals surface area contributed by atoms with Crippen molar-refractivity contribution in [1.29, 1.82) is 0 Å². The molecule has 0 saturated heterocycles. The summed E-state index contributed by atoms with van der Waals surface area (Å²) in [5.74, 6) is 0.252. The van der Waals surface area contributed by atoms with Crippen molar-refractivity contribution in [3.8, 4) is 0 Å². The lowest BCUT2D eigenvalue weighted by Gasteiger charge is -2.17. The number of benzene rings is 1. The molecule has 0 spiro atoms. The Bertz CT molecular complexity index is 396. The summed E-state index contributed by atoms with van der Waals surface area (Å²) in [5.41, 5.74) is 0.942. The van der Waals surface area contributed by atoms with E-state index in [4.69, 9.17) is 0 Å². The van der Waals surface area contributed by atoms with Gasteiger partial charge in [-0.15, -0.1) is 0 Å². The van der Waals surface area contributed by atoms with Crippen LogP contribution in [-0.4, -0.2) is 22.7 Å². The van der Waals surface area contributed by atoms with Crippen molar-refractivity contribution in [3.05, 3.63) is 39.9 Å². The number of aliphatic hydroxyl groups is 1. The van der Waals surface area contributed by atoms with E-state index in [-0.39, 0.29) is 17.7 Å². The minimum Gasteiger partial charge on any atom is -0.392 e. The van der Waals surface area contributed by atoms with Crippen LogP contribution in [0, 0.1) is 16.0 Å². The predicted octanol–water partition coefficient (Wildman–Crippen LogP) is 2.09. The minimum absolute atomic E-state index is 0.0942. The van der Waals surface area contributed by atoms with Gasteiger partial charge in [0.05, 0.1) is 11.0 Å². The zero-order valence-corrected chi connectivity index (χ0v) is 10.8. The number of aliphatic hydroxyl groups excluding tert-OH is 1. The fourth-order valence-electron chi connectivity index (χ4n) is 1.62. The number of rotatable bonds is 7. The molecule has 0 aliphatic heterocycles. The van der Waals surface area contributed by atoms with Gasteiger partial charge in [-0.3, -0.25) is 10.1 Å². The van der Waals surface area contributed by atoms with E-state index >= 15 is 0 Å². The number of nitrogens with zero attached hydrogens (tertiary/aromatic N) is 1. The summed E-state index contributed by atoms with van der Waals surface area (Å²) >= 11 is 0. The lowest BCUT2D eigenvalue weighted by molar-refractivity contribution is -0.384. The number of nitro benzene ring substituents is 1. The third kappa shape index (κ3) is 4.43. The maximum absolute atomic E-state index is 10.6. The van der Waals surface area contributed by atoms with Gasteiger partial charge in [0, 0.05) is 25.2 Å². The average molecular weight is 252 g/mol. The molecule has 0 bridgehead atoms. The number of nitro groups is 1. The third-order valence-electron chi connectivity index (χ3n) is 3.10. The normalized spacial score (nSPS) is 14.2. The van der Waals surface area contributed by atoms with Crippen LogP contribution in [0.2, 0.25) is 0 Å². The number of nitrogens with one attached hydrogen (secondary N) is 1. The number of hydrogen-bond acceptors (Lipinski definition) is 4. The molecule has 1 aromatic carbocycles. The average Bonchev–Trinajstić information content (AvgIpc) is 2.38. The number of non-ortho nitro benzene ring substituents is 1. The van der Waals surface area contributed by atoms with Gasteiger partial charge in [-0.05, 0) is 11.5 Å². The van der Waals surface area contributed by atoms with Crippen molar-refractivity contribution in [2.45, 2.75) is 32.9 Å². The fraction of sp³-hybridized carbons (Fsp3) is 0.538. The second-order valence-corrected chi connectivity index (χ2v) is 4.51. The SMILES string of the molecule is CCC(C)C(O)CNCc1cccc([N+](=O)[O-])c1. The highest BCUT2D eigenvalue weighted by Gasteiger charge is 2.11. The molecule has 0 radical (unpaired) electrons. The van der Waals surface area contributed by atoms with Crippen LogP contribution in [0.1, 0.15) is 25.8 Å². The topological polar surface area (TPSA) is 75.4 Å². The van der Waals surface area contributed by atoms with Crippen molar-refractivity contribution >= 4 is 5.69 Å². The van der Waals surface area contributed by atoms with Crippen LogP contribution in [0.4, 0.5) is 5.69 Å². The van der Waals surface area contributed by atoms with E-state index in [1.165, 1.54) is 6.07 Å². The van der Waals surface area contributed by atoms with Crippen molar-refractivity contribution in [3.63, 3.8) is 0 Å². The van der Waals surface area contributed by atoms with E-state index in [0.29, 0.717) is 13.1 Å². The zero-order chi connectivity index (χ0) is 13.5. The van der Waals surface area contributed by atoms with Gasteiger partial charge in [-0.1, -0.05) is 32.4 Å². The molecule has 0 aliphatic carbocycles. The largest absolute Gasteiger partial charge is 0.392 e. The molecule has 0 saturated carbocycles. The second-order valence-electron chi connectivity index (χ2n) is 4.51. The van der Waals surface area contributed by atoms with Crippen LogP contribution in [0.5, 0.6) is 0 Å². The van der Waals surface area contributed by atoms with E-state index in [9.17, 15) is 15.2 Å². The summed E-state index contributed by atoms with van der Waals surface area (Å²) < 4.78 is 0. The van der Waals surface area contributed by atoms with Crippen LogP contribution in [0.15, 0.2) is 24.3 Å². The van der Waals surface area contributed by atoms with E-state index < -0.39 is 4.92 Å². The van der Waals surface area contributed by atoms with Gasteiger partial charge in [0.2, 0.25) is 0 Å². The maximum Gasteiger partial charge on any atom is 0.269 e. The van der Waals surface area contributed by atoms with Gasteiger partial charge in [0.15, 0.2) is 0 Å². The second kappa shape index (κ2) is 7.08. The van der Waals surface area contributed by atoms with Crippen molar-refractivity contribution < 1.29 is 10.0 Å². The molecule has 2 unspecified atom stereocenters. The van der Waals surface area contributed by atoms with E-state index in [1.807, 2.05) is 19.9 Å². The van der Waals surface area contributed by atoms with Gasteiger partial charge in [0.25, 0.3) is 5.69 Å². The molecule has 2 N–H and O–H groups in total. The Kier molecular flexibility index (Phi) is 5.74. The van der Waals surface area contributed by atoms with Crippen molar-refractivity contribution in [2.24, 2.45) is 5.92 Å². The Morgan fingerprint density at radius 3 is 2.83 bits per heavy atom. The molecule has 0 heterocycles. The van der Waals surface area contributed by atoms with Gasteiger partial charge in [0.1, 0.15) is 0 Å². The van der Waals surface area contributed by atoms with Gasteiger partial charge >= 0.3 is 0 Å². The number of hydrogen-bond donors (Lipinski definition) is 2. The lowest BCUT2D eigenvalue weighted by atomic mass is 10.0. The first-order chi connectivity index (χ1) is 8.54. The Morgan fingerprint density at radius 1 is 1.50 bits per heavy atom. The summed E-state index contributed by atoms with van der Waals surface area (Å²) in [7, 11) is 0. The Balaban J connectivity index is 2.44. The summed E-state index contributed by atoms with van der Waals surface area (Å²) in [4.78, 5) is 10.2. The molecular weight excluding hydrogens is 232 g/mol. The lowest BCUT2D eigenvalue weighted by Crippen LogP contribution is -2.31. The van der Waals surface area contributed by atoms with Crippen LogP contribution < -0.4 is 5.32 Å². The Labute approximate surface area is 107 Å². The first-order valence-corrected chi connectivity index (χ1v) is 6.16. The summed E-state index contributed by atoms with van der Waals surface area (Å²) in [6, 6.07) is 6.51. The molecule has 5 nitrogen and oxygen atoms in total. The molecule has 18 heavy (non-hydrogen) atoms. The molecule has 0 amide bonds. The van der Waals surface area contributed by atoms with Gasteiger partial charge < -0.3 is 10.4 Å². The molecule has 5 heteroatoms. The molecule has 1 rings (SSSR count). The quantitative estimate of drug-likeness (QED) is 0.575. The summed E-state index contributed by atoms with van der Waals surface area (Å²) in [5, 5.41) is 23.5. The highest BCUT2D eigenvalue weighted by atomic mass is 16.6. The fourth-order valence-corrected chi connectivity index (χ4v) is 1.62. The predicted molar refractivity (Wildman–Crippen MR) is 70.3 cm³/mol. The van der Waals surface area contributed by atoms with Crippen molar-refractivity contribution in [2.75, 3.05) is 6.54 Å². The monoisotopic (exact) mass is 252 g/mol. The van der Waals surface area contributed by atoms with E-state index in [0.717, 1.165) is 12.0 Å². The summed E-state index contributed by atoms with van der Waals surface area (Å²) in [6.07, 6.45) is 0.549. The zero-order valence-electron chi connectivity index (χ0n) is 10.8. The van der Waals surface area contributed by atoms with Crippen LogP contribution >= 0.6 is 0 Å². The molecule has 100 valence electrons. The first kappa shape index (κ1) is 14.6. The van der Waals surface area contributed by atoms with Crippen LogP contribution in [0.25, 0.3) is 0 Å². The van der Waals surface area contributed by atoms with Gasteiger partial charge in [-0.25, -0.2) is 0 Å². The smallest absolute Gasteiger partial charge is 0.269 e. The molecular formula is C13H20N2O3. The molecule has 2 atom stereocenters. The first-order valence-electron chi connectivity index (χ1n) is 6.16.